The van der Waals surface area contributed by atoms with E-state index in [1.165, 1.54) is 5.56 Å². The van der Waals surface area contributed by atoms with Crippen LogP contribution < -0.4 is 10.0 Å². The molecular formula is C11H14N2O2S. The molecule has 86 valence electrons. The normalized spacial score (nSPS) is 19.8. The molecule has 4 nitrogen and oxygen atoms in total. The smallest absolute Gasteiger partial charge is 0.240 e. The molecule has 0 atom stereocenters. The summed E-state index contributed by atoms with van der Waals surface area (Å²) in [5.41, 5.74) is 2.30. The largest absolute Gasteiger partial charge is 0.309 e. The van der Waals surface area contributed by atoms with Crippen LogP contribution in [0, 0.1) is 0 Å². The van der Waals surface area contributed by atoms with E-state index in [1.807, 2.05) is 6.07 Å². The van der Waals surface area contributed by atoms with Crippen molar-refractivity contribution in [2.24, 2.45) is 0 Å². The van der Waals surface area contributed by atoms with Gasteiger partial charge in [-0.05, 0) is 36.1 Å². The molecule has 2 aliphatic rings. The zero-order chi connectivity index (χ0) is 11.2. The summed E-state index contributed by atoms with van der Waals surface area (Å²) in [4.78, 5) is 0.391. The maximum atomic E-state index is 12.0. The number of hydrogen-bond acceptors (Lipinski definition) is 3. The van der Waals surface area contributed by atoms with Gasteiger partial charge in [-0.1, -0.05) is 6.07 Å². The lowest BCUT2D eigenvalue weighted by atomic mass is 10.1. The quantitative estimate of drug-likeness (QED) is 0.816. The minimum absolute atomic E-state index is 0.163. The first-order valence-electron chi connectivity index (χ1n) is 5.50. The second-order valence-corrected chi connectivity index (χ2v) is 6.14. The lowest BCUT2D eigenvalue weighted by Crippen LogP contribution is -2.25. The summed E-state index contributed by atoms with van der Waals surface area (Å²) in [6.45, 7) is 1.60. The van der Waals surface area contributed by atoms with Crippen molar-refractivity contribution in [2.75, 3.05) is 0 Å². The molecule has 1 aliphatic carbocycles. The summed E-state index contributed by atoms with van der Waals surface area (Å²) < 4.78 is 26.6. The highest BCUT2D eigenvalue weighted by atomic mass is 32.2. The van der Waals surface area contributed by atoms with Crippen molar-refractivity contribution < 1.29 is 8.42 Å². The molecule has 0 radical (unpaired) electrons. The van der Waals surface area contributed by atoms with Gasteiger partial charge >= 0.3 is 0 Å². The molecule has 5 heteroatoms. The molecule has 0 unspecified atom stereocenters. The van der Waals surface area contributed by atoms with E-state index in [2.05, 4.69) is 10.0 Å². The molecular weight excluding hydrogens is 224 g/mol. The van der Waals surface area contributed by atoms with E-state index in [0.717, 1.165) is 31.5 Å². The Hall–Kier alpha value is -0.910. The Balaban J connectivity index is 1.93. The molecule has 1 aromatic carbocycles. The maximum absolute atomic E-state index is 12.0. The Kier molecular flexibility index (Phi) is 2.27. The van der Waals surface area contributed by atoms with Crippen molar-refractivity contribution in [1.29, 1.82) is 0 Å². The molecule has 16 heavy (non-hydrogen) atoms. The Morgan fingerprint density at radius 3 is 2.69 bits per heavy atom. The minimum Gasteiger partial charge on any atom is -0.309 e. The molecule has 0 saturated heterocycles. The van der Waals surface area contributed by atoms with Crippen molar-refractivity contribution in [3.63, 3.8) is 0 Å². The number of benzene rings is 1. The van der Waals surface area contributed by atoms with Gasteiger partial charge in [-0.3, -0.25) is 0 Å². The summed E-state index contributed by atoms with van der Waals surface area (Å²) >= 11 is 0. The Morgan fingerprint density at radius 1 is 1.19 bits per heavy atom. The van der Waals surface area contributed by atoms with Gasteiger partial charge in [0.2, 0.25) is 10.0 Å². The predicted octanol–water partition coefficient (Wildman–Crippen LogP) is 0.730. The predicted molar refractivity (Wildman–Crippen MR) is 60.3 cm³/mol. The molecule has 0 bridgehead atoms. The molecule has 0 amide bonds. The van der Waals surface area contributed by atoms with Gasteiger partial charge in [0.25, 0.3) is 0 Å². The van der Waals surface area contributed by atoms with Gasteiger partial charge in [-0.2, -0.15) is 0 Å². The van der Waals surface area contributed by atoms with E-state index >= 15 is 0 Å². The molecule has 1 aliphatic heterocycles. The molecule has 2 N–H and O–H groups in total. The lowest BCUT2D eigenvalue weighted by molar-refractivity contribution is 0.581. The SMILES string of the molecule is O=S(=O)(NC1CC1)c1ccc2c(c1)CNC2. The van der Waals surface area contributed by atoms with E-state index in [4.69, 9.17) is 0 Å². The summed E-state index contributed by atoms with van der Waals surface area (Å²) in [6, 6.07) is 5.53. The molecule has 3 rings (SSSR count). The van der Waals surface area contributed by atoms with Crippen LogP contribution in [0.15, 0.2) is 23.1 Å². The number of nitrogens with one attached hydrogen (secondary N) is 2. The van der Waals surface area contributed by atoms with Gasteiger partial charge in [-0.15, -0.1) is 0 Å². The molecule has 1 aromatic rings. The third kappa shape index (κ3) is 1.86. The van der Waals surface area contributed by atoms with Gasteiger partial charge in [0.05, 0.1) is 4.90 Å². The van der Waals surface area contributed by atoms with Gasteiger partial charge in [0, 0.05) is 19.1 Å². The van der Waals surface area contributed by atoms with Crippen LogP contribution in [0.25, 0.3) is 0 Å². The summed E-state index contributed by atoms with van der Waals surface area (Å²) in [7, 11) is -3.30. The second kappa shape index (κ2) is 3.55. The van der Waals surface area contributed by atoms with Crippen LogP contribution in [-0.2, 0) is 23.1 Å². The van der Waals surface area contributed by atoms with E-state index in [0.29, 0.717) is 4.90 Å². The second-order valence-electron chi connectivity index (χ2n) is 4.43. The highest BCUT2D eigenvalue weighted by Gasteiger charge is 2.28. The molecule has 1 heterocycles. The number of fused-ring (bicyclic) bond motifs is 1. The van der Waals surface area contributed by atoms with Crippen LogP contribution in [0.5, 0.6) is 0 Å². The lowest BCUT2D eigenvalue weighted by Gasteiger charge is -2.06. The monoisotopic (exact) mass is 238 g/mol. The fourth-order valence-electron chi connectivity index (χ4n) is 1.93. The Labute approximate surface area is 95.1 Å². The molecule has 0 spiro atoms. The van der Waals surface area contributed by atoms with Crippen LogP contribution in [0.1, 0.15) is 24.0 Å². The fourth-order valence-corrected chi connectivity index (χ4v) is 3.28. The highest BCUT2D eigenvalue weighted by molar-refractivity contribution is 7.89. The molecule has 0 aromatic heterocycles. The van der Waals surface area contributed by atoms with Gasteiger partial charge in [-0.25, -0.2) is 13.1 Å². The number of rotatable bonds is 3. The van der Waals surface area contributed by atoms with E-state index in [-0.39, 0.29) is 6.04 Å². The van der Waals surface area contributed by atoms with Crippen LogP contribution >= 0.6 is 0 Å². The third-order valence-electron chi connectivity index (χ3n) is 3.02. The fraction of sp³-hybridized carbons (Fsp3) is 0.455. The van der Waals surface area contributed by atoms with Crippen molar-refractivity contribution in [1.82, 2.24) is 10.0 Å². The van der Waals surface area contributed by atoms with Gasteiger partial charge < -0.3 is 5.32 Å². The maximum Gasteiger partial charge on any atom is 0.240 e. The minimum atomic E-state index is -3.30. The van der Waals surface area contributed by atoms with Crippen molar-refractivity contribution in [3.05, 3.63) is 29.3 Å². The van der Waals surface area contributed by atoms with Crippen LogP contribution in [0.4, 0.5) is 0 Å². The zero-order valence-electron chi connectivity index (χ0n) is 8.86. The summed E-state index contributed by atoms with van der Waals surface area (Å²) in [5.74, 6) is 0. The summed E-state index contributed by atoms with van der Waals surface area (Å²) in [5, 5.41) is 3.20. The van der Waals surface area contributed by atoms with Crippen molar-refractivity contribution in [2.45, 2.75) is 36.9 Å². The molecule has 1 saturated carbocycles. The van der Waals surface area contributed by atoms with Crippen LogP contribution in [-0.4, -0.2) is 14.5 Å². The Bertz CT molecular complexity index is 521. The average molecular weight is 238 g/mol. The van der Waals surface area contributed by atoms with Crippen molar-refractivity contribution in [3.8, 4) is 0 Å². The first-order chi connectivity index (χ1) is 7.65. The van der Waals surface area contributed by atoms with E-state index in [1.54, 1.807) is 12.1 Å². The van der Waals surface area contributed by atoms with Gasteiger partial charge in [0.15, 0.2) is 0 Å². The third-order valence-corrected chi connectivity index (χ3v) is 4.54. The number of sulfonamides is 1. The average Bonchev–Trinajstić information content (AvgIpc) is 2.93. The molecule has 1 fully saturated rings. The van der Waals surface area contributed by atoms with Gasteiger partial charge in [0.1, 0.15) is 0 Å². The standard InChI is InChI=1S/C11H14N2O2S/c14-16(15,13-10-2-3-10)11-4-1-8-6-12-7-9(8)5-11/h1,4-5,10,12-13H,2-3,6-7H2. The van der Waals surface area contributed by atoms with E-state index < -0.39 is 10.0 Å². The topological polar surface area (TPSA) is 58.2 Å². The summed E-state index contributed by atoms with van der Waals surface area (Å²) in [6.07, 6.45) is 1.93. The van der Waals surface area contributed by atoms with Crippen LogP contribution in [0.2, 0.25) is 0 Å². The number of hydrogen-bond donors (Lipinski definition) is 2. The highest BCUT2D eigenvalue weighted by Crippen LogP contribution is 2.24. The van der Waals surface area contributed by atoms with E-state index in [9.17, 15) is 8.42 Å². The first kappa shape index (κ1) is 10.3. The Morgan fingerprint density at radius 2 is 1.94 bits per heavy atom. The first-order valence-corrected chi connectivity index (χ1v) is 6.98. The zero-order valence-corrected chi connectivity index (χ0v) is 9.68. The van der Waals surface area contributed by atoms with Crippen LogP contribution in [0.3, 0.4) is 0 Å². The van der Waals surface area contributed by atoms with Crippen molar-refractivity contribution >= 4 is 10.0 Å².